The number of benzene rings is 2. The van der Waals surface area contributed by atoms with Crippen LogP contribution in [0.1, 0.15) is 0 Å². The molecule has 0 spiro atoms. The Balaban J connectivity index is 1.98. The van der Waals surface area contributed by atoms with E-state index >= 15 is 0 Å². The summed E-state index contributed by atoms with van der Waals surface area (Å²) >= 11 is 0. The first kappa shape index (κ1) is 18.8. The van der Waals surface area contributed by atoms with Crippen LogP contribution in [0.3, 0.4) is 0 Å². The van der Waals surface area contributed by atoms with Gasteiger partial charge in [0.2, 0.25) is 5.78 Å². The molecule has 2 aromatic carbocycles. The molecule has 0 bridgehead atoms. The van der Waals surface area contributed by atoms with Crippen LogP contribution in [-0.4, -0.2) is 23.1 Å². The molecule has 5 aromatic rings. The Morgan fingerprint density at radius 2 is 1.77 bits per heavy atom. The first-order valence-corrected chi connectivity index (χ1v) is 9.67. The molecule has 3 aromatic heterocycles. The summed E-state index contributed by atoms with van der Waals surface area (Å²) in [5.74, 6) is -0.0924. The van der Waals surface area contributed by atoms with Crippen LogP contribution in [0, 0.1) is 5.82 Å². The molecule has 31 heavy (non-hydrogen) atoms. The van der Waals surface area contributed by atoms with Gasteiger partial charge in [0, 0.05) is 25.4 Å². The normalized spacial score (nSPS) is 11.4. The number of nitrogens with zero attached hydrogens (tertiary/aromatic N) is 5. The largest absolute Gasteiger partial charge is 0.332 e. The van der Waals surface area contributed by atoms with E-state index in [1.165, 1.54) is 16.7 Å². The number of hydrogen-bond donors (Lipinski definition) is 0. The quantitative estimate of drug-likeness (QED) is 0.424. The molecule has 0 saturated carbocycles. The van der Waals surface area contributed by atoms with E-state index in [0.717, 1.165) is 10.1 Å². The van der Waals surface area contributed by atoms with Crippen LogP contribution in [-0.2, 0) is 13.6 Å². The average Bonchev–Trinajstić information content (AvgIpc) is 3.33. The zero-order valence-electron chi connectivity index (χ0n) is 16.7. The molecular weight excluding hydrogens is 397 g/mol. The molecular formula is C23H18FN5O2. The van der Waals surface area contributed by atoms with Gasteiger partial charge in [-0.15, -0.1) is 6.58 Å². The Morgan fingerprint density at radius 3 is 2.48 bits per heavy atom. The average molecular weight is 415 g/mol. The summed E-state index contributed by atoms with van der Waals surface area (Å²) in [6.45, 7) is 3.71. The van der Waals surface area contributed by atoms with Crippen molar-refractivity contribution in [1.82, 2.24) is 23.1 Å². The first-order chi connectivity index (χ1) is 15.0. The molecule has 154 valence electrons. The van der Waals surface area contributed by atoms with E-state index in [4.69, 9.17) is 0 Å². The maximum atomic E-state index is 14.8. The van der Waals surface area contributed by atoms with Crippen molar-refractivity contribution >= 4 is 16.9 Å². The van der Waals surface area contributed by atoms with E-state index in [0.29, 0.717) is 17.2 Å². The SMILES string of the molecule is C=CCn1c(=O)c2c(nc3n(-c4ccccc4F)c(-c4ccccc4)cn23)n(C)c1=O. The fourth-order valence-electron chi connectivity index (χ4n) is 3.87. The standard InChI is InChI=1S/C23H18FN5O2/c1-3-13-27-21(30)19-20(26(2)23(27)31)25-22-28(19)14-18(15-9-5-4-6-10-15)29(22)17-12-8-7-11-16(17)24/h3-12,14H,1,13H2,2H3. The van der Waals surface area contributed by atoms with Crippen molar-refractivity contribution in [3.8, 4) is 16.9 Å². The minimum Gasteiger partial charge on any atom is -0.279 e. The summed E-state index contributed by atoms with van der Waals surface area (Å²) in [4.78, 5) is 30.4. The lowest BCUT2D eigenvalue weighted by molar-refractivity contribution is 0.619. The van der Waals surface area contributed by atoms with E-state index in [1.54, 1.807) is 40.4 Å². The molecule has 0 amide bonds. The second-order valence-corrected chi connectivity index (χ2v) is 7.17. The number of rotatable bonds is 4. The number of allylic oxidation sites excluding steroid dienone is 1. The van der Waals surface area contributed by atoms with E-state index in [-0.39, 0.29) is 17.7 Å². The molecule has 0 aliphatic rings. The monoisotopic (exact) mass is 415 g/mol. The van der Waals surface area contributed by atoms with Gasteiger partial charge in [-0.1, -0.05) is 48.5 Å². The van der Waals surface area contributed by atoms with Gasteiger partial charge >= 0.3 is 5.69 Å². The van der Waals surface area contributed by atoms with Gasteiger partial charge in [-0.05, 0) is 12.1 Å². The van der Waals surface area contributed by atoms with Crippen LogP contribution in [0.15, 0.2) is 83.0 Å². The number of aromatic nitrogens is 5. The summed E-state index contributed by atoms with van der Waals surface area (Å²) in [6, 6.07) is 15.8. The third kappa shape index (κ3) is 2.68. The Kier molecular flexibility index (Phi) is 4.21. The van der Waals surface area contributed by atoms with Gasteiger partial charge in [0.1, 0.15) is 5.82 Å². The minimum absolute atomic E-state index is 0.0776. The van der Waals surface area contributed by atoms with E-state index in [1.807, 2.05) is 30.3 Å². The van der Waals surface area contributed by atoms with Crippen LogP contribution >= 0.6 is 0 Å². The molecule has 5 rings (SSSR count). The van der Waals surface area contributed by atoms with Crippen molar-refractivity contribution in [3.63, 3.8) is 0 Å². The van der Waals surface area contributed by atoms with Crippen molar-refractivity contribution in [1.29, 1.82) is 0 Å². The Morgan fingerprint density at radius 1 is 1.06 bits per heavy atom. The summed E-state index contributed by atoms with van der Waals surface area (Å²) in [5, 5.41) is 0. The summed E-state index contributed by atoms with van der Waals surface area (Å²) in [6.07, 6.45) is 3.24. The maximum absolute atomic E-state index is 14.8. The van der Waals surface area contributed by atoms with Gasteiger partial charge in [0.15, 0.2) is 11.2 Å². The highest BCUT2D eigenvalue weighted by molar-refractivity contribution is 5.79. The molecule has 3 heterocycles. The highest BCUT2D eigenvalue weighted by Crippen LogP contribution is 2.29. The fourth-order valence-corrected chi connectivity index (χ4v) is 3.87. The van der Waals surface area contributed by atoms with Crippen molar-refractivity contribution < 1.29 is 4.39 Å². The lowest BCUT2D eigenvalue weighted by atomic mass is 10.1. The number of aryl methyl sites for hydroxylation is 1. The lowest BCUT2D eigenvalue weighted by Gasteiger charge is -2.10. The third-order valence-electron chi connectivity index (χ3n) is 5.32. The molecule has 0 fully saturated rings. The zero-order chi connectivity index (χ0) is 21.7. The van der Waals surface area contributed by atoms with Crippen LogP contribution in [0.4, 0.5) is 4.39 Å². The Hall–Kier alpha value is -4.20. The number of para-hydroxylation sites is 1. The second-order valence-electron chi connectivity index (χ2n) is 7.17. The summed E-state index contributed by atoms with van der Waals surface area (Å²) in [7, 11) is 1.56. The van der Waals surface area contributed by atoms with Gasteiger partial charge in [-0.25, -0.2) is 9.18 Å². The number of halogens is 1. The fraction of sp³-hybridized carbons (Fsp3) is 0.0870. The first-order valence-electron chi connectivity index (χ1n) is 9.67. The van der Waals surface area contributed by atoms with Crippen molar-refractivity contribution in [2.75, 3.05) is 0 Å². The maximum Gasteiger partial charge on any atom is 0.332 e. The highest BCUT2D eigenvalue weighted by Gasteiger charge is 2.23. The van der Waals surface area contributed by atoms with Gasteiger partial charge in [0.25, 0.3) is 5.56 Å². The Labute approximate surface area is 175 Å². The van der Waals surface area contributed by atoms with E-state index in [9.17, 15) is 14.0 Å². The van der Waals surface area contributed by atoms with Gasteiger partial charge in [0.05, 0.1) is 11.4 Å². The number of imidazole rings is 2. The van der Waals surface area contributed by atoms with Gasteiger partial charge in [-0.3, -0.25) is 22.9 Å². The predicted octanol–water partition coefficient (Wildman–Crippen LogP) is 3.13. The molecule has 0 unspecified atom stereocenters. The van der Waals surface area contributed by atoms with Crippen LogP contribution < -0.4 is 11.2 Å². The molecule has 8 heteroatoms. The predicted molar refractivity (Wildman–Crippen MR) is 117 cm³/mol. The molecule has 0 aliphatic heterocycles. The Bertz CT molecular complexity index is 1590. The van der Waals surface area contributed by atoms with Crippen molar-refractivity contribution in [2.24, 2.45) is 7.05 Å². The van der Waals surface area contributed by atoms with Crippen molar-refractivity contribution in [3.05, 3.63) is 100 Å². The molecule has 0 saturated heterocycles. The van der Waals surface area contributed by atoms with Crippen LogP contribution in [0.2, 0.25) is 0 Å². The smallest absolute Gasteiger partial charge is 0.279 e. The molecule has 0 atom stereocenters. The lowest BCUT2D eigenvalue weighted by Crippen LogP contribution is -2.39. The van der Waals surface area contributed by atoms with Crippen molar-refractivity contribution in [2.45, 2.75) is 6.54 Å². The van der Waals surface area contributed by atoms with E-state index in [2.05, 4.69) is 11.6 Å². The minimum atomic E-state index is -0.487. The zero-order valence-corrected chi connectivity index (χ0v) is 16.7. The molecule has 7 nitrogen and oxygen atoms in total. The van der Waals surface area contributed by atoms with Gasteiger partial charge < -0.3 is 0 Å². The molecule has 0 N–H and O–H groups in total. The summed E-state index contributed by atoms with van der Waals surface area (Å²) in [5.41, 5.74) is 1.30. The molecule has 0 radical (unpaired) electrons. The third-order valence-corrected chi connectivity index (χ3v) is 5.32. The number of hydrogen-bond acceptors (Lipinski definition) is 3. The number of fused-ring (bicyclic) bond motifs is 3. The van der Waals surface area contributed by atoms with Crippen LogP contribution in [0.5, 0.6) is 0 Å². The highest BCUT2D eigenvalue weighted by atomic mass is 19.1. The van der Waals surface area contributed by atoms with E-state index < -0.39 is 17.1 Å². The molecule has 0 aliphatic carbocycles. The second kappa shape index (κ2) is 6.94. The van der Waals surface area contributed by atoms with Gasteiger partial charge in [-0.2, -0.15) is 4.98 Å². The van der Waals surface area contributed by atoms with Crippen LogP contribution in [0.25, 0.3) is 33.9 Å². The summed E-state index contributed by atoms with van der Waals surface area (Å²) < 4.78 is 20.5. The topological polar surface area (TPSA) is 66.2 Å².